The first-order valence-electron chi connectivity index (χ1n) is 4.80. The molecule has 1 aromatic carbocycles. The van der Waals surface area contributed by atoms with Crippen molar-refractivity contribution in [3.63, 3.8) is 0 Å². The molecular formula is C9H7BrF3N5. The van der Waals surface area contributed by atoms with E-state index in [1.54, 1.807) is 0 Å². The number of hydrogen-bond donors (Lipinski definition) is 2. The van der Waals surface area contributed by atoms with Crippen molar-refractivity contribution in [2.45, 2.75) is 12.7 Å². The molecule has 0 unspecified atom stereocenters. The number of rotatable bonds is 3. The Morgan fingerprint density at radius 3 is 2.72 bits per heavy atom. The number of nitrogens with one attached hydrogen (secondary N) is 2. The second-order valence-corrected chi connectivity index (χ2v) is 4.28. The van der Waals surface area contributed by atoms with Crippen LogP contribution in [0.2, 0.25) is 0 Å². The quantitative estimate of drug-likeness (QED) is 0.912. The number of aromatic amines is 1. The molecule has 96 valence electrons. The van der Waals surface area contributed by atoms with E-state index < -0.39 is 11.7 Å². The molecule has 0 saturated carbocycles. The summed E-state index contributed by atoms with van der Waals surface area (Å²) in [6.45, 7) is 0.0568. The summed E-state index contributed by atoms with van der Waals surface area (Å²) in [6.07, 6.45) is -4.43. The maximum Gasteiger partial charge on any atom is 0.418 e. The van der Waals surface area contributed by atoms with Gasteiger partial charge in [0.25, 0.3) is 0 Å². The van der Waals surface area contributed by atoms with Crippen LogP contribution in [0.4, 0.5) is 18.9 Å². The topological polar surface area (TPSA) is 66.5 Å². The van der Waals surface area contributed by atoms with E-state index in [1.807, 2.05) is 0 Å². The van der Waals surface area contributed by atoms with Crippen LogP contribution >= 0.6 is 15.9 Å². The molecule has 0 aliphatic heterocycles. The summed E-state index contributed by atoms with van der Waals surface area (Å²) in [7, 11) is 0. The molecule has 0 radical (unpaired) electrons. The predicted molar refractivity (Wildman–Crippen MR) is 60.6 cm³/mol. The van der Waals surface area contributed by atoms with Crippen molar-refractivity contribution in [2.24, 2.45) is 0 Å². The van der Waals surface area contributed by atoms with Gasteiger partial charge in [-0.2, -0.15) is 18.4 Å². The average Bonchev–Trinajstić information content (AvgIpc) is 2.79. The molecule has 9 heteroatoms. The zero-order valence-corrected chi connectivity index (χ0v) is 10.4. The lowest BCUT2D eigenvalue weighted by Gasteiger charge is -2.14. The summed E-state index contributed by atoms with van der Waals surface area (Å²) in [4.78, 5) is 0. The fourth-order valence-corrected chi connectivity index (χ4v) is 1.70. The Hall–Kier alpha value is -1.64. The number of halogens is 4. The molecule has 0 saturated heterocycles. The summed E-state index contributed by atoms with van der Waals surface area (Å²) in [5.41, 5.74) is -0.782. The number of H-pyrrole nitrogens is 1. The lowest BCUT2D eigenvalue weighted by molar-refractivity contribution is -0.137. The number of nitrogens with zero attached hydrogens (tertiary/aromatic N) is 3. The molecule has 2 N–H and O–H groups in total. The van der Waals surface area contributed by atoms with Crippen molar-refractivity contribution in [1.29, 1.82) is 0 Å². The SMILES string of the molecule is FC(F)(F)c1cc(Br)ccc1NCc1nn[nH]n1. The van der Waals surface area contributed by atoms with Crippen molar-refractivity contribution in [1.82, 2.24) is 20.6 Å². The fourth-order valence-electron chi connectivity index (χ4n) is 1.34. The summed E-state index contributed by atoms with van der Waals surface area (Å²) >= 11 is 3.01. The Kier molecular flexibility index (Phi) is 3.50. The van der Waals surface area contributed by atoms with Gasteiger partial charge in [0.2, 0.25) is 0 Å². The second kappa shape index (κ2) is 4.92. The lowest BCUT2D eigenvalue weighted by atomic mass is 10.1. The van der Waals surface area contributed by atoms with E-state index in [0.29, 0.717) is 4.47 Å². The summed E-state index contributed by atoms with van der Waals surface area (Å²) in [5.74, 6) is 0.283. The third-order valence-electron chi connectivity index (χ3n) is 2.11. The van der Waals surface area contributed by atoms with Gasteiger partial charge in [-0.3, -0.25) is 0 Å². The first kappa shape index (κ1) is 12.8. The van der Waals surface area contributed by atoms with Crippen molar-refractivity contribution in [3.05, 3.63) is 34.1 Å². The van der Waals surface area contributed by atoms with Crippen molar-refractivity contribution >= 4 is 21.6 Å². The Balaban J connectivity index is 2.22. The fraction of sp³-hybridized carbons (Fsp3) is 0.222. The van der Waals surface area contributed by atoms with E-state index in [0.717, 1.165) is 6.07 Å². The smallest absolute Gasteiger partial charge is 0.377 e. The second-order valence-electron chi connectivity index (χ2n) is 3.37. The first-order valence-corrected chi connectivity index (χ1v) is 5.59. The molecule has 2 rings (SSSR count). The van der Waals surface area contributed by atoms with Crippen molar-refractivity contribution in [3.8, 4) is 0 Å². The summed E-state index contributed by atoms with van der Waals surface area (Å²) < 4.78 is 38.7. The number of anilines is 1. The van der Waals surface area contributed by atoms with Crippen LogP contribution in [-0.2, 0) is 12.7 Å². The normalized spacial score (nSPS) is 11.6. The van der Waals surface area contributed by atoms with Crippen LogP contribution < -0.4 is 5.32 Å². The van der Waals surface area contributed by atoms with Gasteiger partial charge >= 0.3 is 6.18 Å². The van der Waals surface area contributed by atoms with E-state index in [1.165, 1.54) is 12.1 Å². The Labute approximate surface area is 108 Å². The maximum atomic E-state index is 12.8. The first-order chi connectivity index (χ1) is 8.47. The zero-order valence-electron chi connectivity index (χ0n) is 8.79. The van der Waals surface area contributed by atoms with E-state index >= 15 is 0 Å². The number of benzene rings is 1. The predicted octanol–water partition coefficient (Wildman–Crippen LogP) is 2.59. The Morgan fingerprint density at radius 2 is 2.11 bits per heavy atom. The molecule has 0 spiro atoms. The lowest BCUT2D eigenvalue weighted by Crippen LogP contribution is -2.11. The van der Waals surface area contributed by atoms with Gasteiger partial charge in [0.05, 0.1) is 12.1 Å². The Bertz CT molecular complexity index is 525. The monoisotopic (exact) mass is 321 g/mol. The molecule has 0 atom stereocenters. The highest BCUT2D eigenvalue weighted by molar-refractivity contribution is 9.10. The van der Waals surface area contributed by atoms with E-state index in [4.69, 9.17) is 0 Å². The third-order valence-corrected chi connectivity index (χ3v) is 2.61. The largest absolute Gasteiger partial charge is 0.418 e. The van der Waals surface area contributed by atoms with Gasteiger partial charge < -0.3 is 5.32 Å². The maximum absolute atomic E-state index is 12.8. The number of tetrazole rings is 1. The number of hydrogen-bond acceptors (Lipinski definition) is 4. The molecule has 0 bridgehead atoms. The van der Waals surface area contributed by atoms with Crippen LogP contribution in [0.3, 0.4) is 0 Å². The van der Waals surface area contributed by atoms with Crippen molar-refractivity contribution < 1.29 is 13.2 Å². The Morgan fingerprint density at radius 1 is 1.33 bits per heavy atom. The molecule has 0 aliphatic rings. The molecule has 5 nitrogen and oxygen atoms in total. The van der Waals surface area contributed by atoms with Crippen molar-refractivity contribution in [2.75, 3.05) is 5.32 Å². The highest BCUT2D eigenvalue weighted by Gasteiger charge is 2.33. The highest BCUT2D eigenvalue weighted by atomic mass is 79.9. The van der Waals surface area contributed by atoms with Crippen LogP contribution in [0.25, 0.3) is 0 Å². The molecule has 0 amide bonds. The molecule has 18 heavy (non-hydrogen) atoms. The zero-order chi connectivity index (χ0) is 13.2. The molecular weight excluding hydrogens is 315 g/mol. The van der Waals surface area contributed by atoms with Crippen LogP contribution in [0, 0.1) is 0 Å². The van der Waals surface area contributed by atoms with Crippen LogP contribution in [0.5, 0.6) is 0 Å². The van der Waals surface area contributed by atoms with Gasteiger partial charge in [0, 0.05) is 10.2 Å². The van der Waals surface area contributed by atoms with Gasteiger partial charge in [0.15, 0.2) is 5.82 Å². The van der Waals surface area contributed by atoms with E-state index in [2.05, 4.69) is 41.9 Å². The number of alkyl halides is 3. The third kappa shape index (κ3) is 2.97. The molecule has 0 fully saturated rings. The minimum atomic E-state index is -4.43. The van der Waals surface area contributed by atoms with E-state index in [9.17, 15) is 13.2 Å². The summed E-state index contributed by atoms with van der Waals surface area (Å²) in [5, 5.41) is 15.4. The average molecular weight is 322 g/mol. The van der Waals surface area contributed by atoms with Gasteiger partial charge in [-0.25, -0.2) is 0 Å². The minimum absolute atomic E-state index is 0.0319. The molecule has 0 aliphatic carbocycles. The van der Waals surface area contributed by atoms with Gasteiger partial charge in [0.1, 0.15) is 0 Å². The van der Waals surface area contributed by atoms with Gasteiger partial charge in [-0.15, -0.1) is 10.2 Å². The minimum Gasteiger partial charge on any atom is -0.377 e. The van der Waals surface area contributed by atoms with E-state index in [-0.39, 0.29) is 18.1 Å². The standard InChI is InChI=1S/C9H7BrF3N5/c10-5-1-2-7(6(3-5)9(11,12)13)14-4-8-15-17-18-16-8/h1-3,14H,4H2,(H,15,16,17,18). The highest BCUT2D eigenvalue weighted by Crippen LogP contribution is 2.36. The number of aromatic nitrogens is 4. The molecule has 1 aromatic heterocycles. The van der Waals surface area contributed by atoms with Gasteiger partial charge in [-0.05, 0) is 18.2 Å². The van der Waals surface area contributed by atoms with Crippen LogP contribution in [-0.4, -0.2) is 20.6 Å². The van der Waals surface area contributed by atoms with Crippen LogP contribution in [0.15, 0.2) is 22.7 Å². The molecule has 1 heterocycles. The summed E-state index contributed by atoms with van der Waals surface area (Å²) in [6, 6.07) is 3.87. The van der Waals surface area contributed by atoms with Gasteiger partial charge in [-0.1, -0.05) is 21.1 Å². The van der Waals surface area contributed by atoms with Crippen LogP contribution in [0.1, 0.15) is 11.4 Å². The molecule has 2 aromatic rings.